The molecule has 19 heteroatoms. The van der Waals surface area contributed by atoms with Crippen molar-refractivity contribution in [2.45, 2.75) is 91.3 Å². The first-order valence-corrected chi connectivity index (χ1v) is 25.6. The van der Waals surface area contributed by atoms with Gasteiger partial charge in [-0.05, 0) is 89.8 Å². The zero-order valence-corrected chi connectivity index (χ0v) is 43.6. The quantitative estimate of drug-likeness (QED) is 0.0276. The van der Waals surface area contributed by atoms with E-state index in [9.17, 15) is 33.9 Å². The molecule has 74 heavy (non-hydrogen) atoms. The van der Waals surface area contributed by atoms with E-state index >= 15 is 0 Å². The predicted molar refractivity (Wildman–Crippen MR) is 283 cm³/mol. The van der Waals surface area contributed by atoms with Gasteiger partial charge in [0.2, 0.25) is 23.6 Å². The number of carboxylic acids is 1. The lowest BCUT2D eigenvalue weighted by molar-refractivity contribution is -0.138. The molecule has 0 radical (unpaired) electrons. The number of hydrogen-bond donors (Lipinski definition) is 7. The number of carbonyl (C=O) groups excluding carboxylic acids is 5. The molecule has 0 spiro atoms. The number of pyridine rings is 1. The molecule has 0 aliphatic rings. The molecule has 19 nitrogen and oxygen atoms in total. The van der Waals surface area contributed by atoms with Crippen LogP contribution in [0.25, 0.3) is 21.9 Å². The van der Waals surface area contributed by atoms with Gasteiger partial charge in [0, 0.05) is 37.9 Å². The average molecular weight is 1030 g/mol. The Balaban J connectivity index is 1.26. The monoisotopic (exact) mass is 1030 g/mol. The van der Waals surface area contributed by atoms with Crippen LogP contribution in [0, 0.1) is 12.8 Å². The minimum absolute atomic E-state index is 0.0852. The van der Waals surface area contributed by atoms with E-state index in [0.29, 0.717) is 94.6 Å². The Morgan fingerprint density at radius 2 is 1.28 bits per heavy atom. The van der Waals surface area contributed by atoms with Crippen LogP contribution >= 0.6 is 0 Å². The number of carboxylic acid groups (broad SMARTS) is 1. The Morgan fingerprint density at radius 3 is 1.89 bits per heavy atom. The number of nitrogens with one attached hydrogen (secondary N) is 6. The number of rotatable bonds is 37. The predicted octanol–water partition coefficient (Wildman–Crippen LogP) is 5.50. The van der Waals surface area contributed by atoms with Crippen molar-refractivity contribution in [2.24, 2.45) is 5.92 Å². The second-order valence-corrected chi connectivity index (χ2v) is 18.0. The van der Waals surface area contributed by atoms with Gasteiger partial charge >= 0.3 is 5.97 Å². The topological polar surface area (TPSA) is 254 Å². The summed E-state index contributed by atoms with van der Waals surface area (Å²) in [6, 6.07) is 19.1. The molecule has 0 aliphatic heterocycles. The standard InChI is InChI=1S/C55H77N7O12/c1-6-24-70-26-28-72-30-32-74-33-31-73-29-27-71-25-23-58-54(68)48(34-38(3)4)62-55(69)46(7-2)61-53(67)45-19-18-42(43-11-8-9-12-44(43)45)40-14-16-41(17-15-40)47(36-52(65)66)60-51(64)37-59-50(63)13-10-21-56-49-35-39(5)20-22-57-49/h8-9,11-12,14-20,22,35,38,46-48H,6-7,10,13,21,23-34,36-37H2,1-5H3,(H,56,57)(H,58,68)(H,59,63)(H,60,64)(H,61,67)(H,62,69)(H,65,66)/t46-,47?,48-/m0/s1. The first-order valence-electron chi connectivity index (χ1n) is 25.6. The second kappa shape index (κ2) is 34.1. The summed E-state index contributed by atoms with van der Waals surface area (Å²) in [5, 5.41) is 28.2. The number of aryl methyl sites for hydroxylation is 1. The smallest absolute Gasteiger partial charge is 0.305 e. The third-order valence-corrected chi connectivity index (χ3v) is 11.5. The molecule has 1 aromatic heterocycles. The first-order chi connectivity index (χ1) is 35.8. The molecular weight excluding hydrogens is 951 g/mol. The van der Waals surface area contributed by atoms with Gasteiger partial charge in [0.1, 0.15) is 17.9 Å². The number of aromatic nitrogens is 1. The van der Waals surface area contributed by atoms with Gasteiger partial charge in [-0.2, -0.15) is 0 Å². The summed E-state index contributed by atoms with van der Waals surface area (Å²) in [6.45, 7) is 14.8. The van der Waals surface area contributed by atoms with E-state index in [1.807, 2.05) is 75.4 Å². The fourth-order valence-corrected chi connectivity index (χ4v) is 7.74. The van der Waals surface area contributed by atoms with Crippen molar-refractivity contribution in [1.29, 1.82) is 0 Å². The molecule has 404 valence electrons. The Hall–Kier alpha value is -6.51. The molecule has 1 heterocycles. The number of aliphatic carboxylic acids is 1. The molecule has 4 aromatic rings. The Morgan fingerprint density at radius 1 is 0.649 bits per heavy atom. The van der Waals surface area contributed by atoms with E-state index in [2.05, 4.69) is 43.8 Å². The summed E-state index contributed by atoms with van der Waals surface area (Å²) in [5.41, 5.74) is 3.53. The van der Waals surface area contributed by atoms with Crippen LogP contribution in [0.5, 0.6) is 0 Å². The number of carbonyl (C=O) groups is 6. The molecular formula is C55H77N7O12. The van der Waals surface area contributed by atoms with Crippen molar-refractivity contribution in [3.8, 4) is 11.1 Å². The normalized spacial score (nSPS) is 12.4. The summed E-state index contributed by atoms with van der Waals surface area (Å²) < 4.78 is 27.4. The minimum atomic E-state index is -1.11. The fraction of sp³-hybridized carbons (Fsp3) is 0.509. The van der Waals surface area contributed by atoms with Gasteiger partial charge in [0.05, 0.1) is 78.5 Å². The van der Waals surface area contributed by atoms with E-state index < -0.39 is 41.8 Å². The molecule has 0 fully saturated rings. The van der Waals surface area contributed by atoms with Crippen LogP contribution in [-0.4, -0.2) is 143 Å². The van der Waals surface area contributed by atoms with E-state index in [0.717, 1.165) is 35.1 Å². The van der Waals surface area contributed by atoms with Gasteiger partial charge in [0.15, 0.2) is 0 Å². The third-order valence-electron chi connectivity index (χ3n) is 11.5. The molecule has 0 bridgehead atoms. The number of ether oxygens (including phenoxy) is 5. The van der Waals surface area contributed by atoms with Crippen LogP contribution in [0.3, 0.4) is 0 Å². The number of amides is 5. The van der Waals surface area contributed by atoms with Crippen LogP contribution in [0.2, 0.25) is 0 Å². The molecule has 1 unspecified atom stereocenters. The zero-order valence-electron chi connectivity index (χ0n) is 43.6. The minimum Gasteiger partial charge on any atom is -0.481 e. The summed E-state index contributed by atoms with van der Waals surface area (Å²) in [5.74, 6) is -2.45. The van der Waals surface area contributed by atoms with Gasteiger partial charge in [-0.15, -0.1) is 0 Å². The number of benzene rings is 3. The maximum atomic E-state index is 13.9. The zero-order chi connectivity index (χ0) is 53.5. The van der Waals surface area contributed by atoms with Crippen LogP contribution in [0.4, 0.5) is 5.82 Å². The summed E-state index contributed by atoms with van der Waals surface area (Å²) >= 11 is 0. The summed E-state index contributed by atoms with van der Waals surface area (Å²) in [6.07, 6.45) is 3.66. The molecule has 3 atom stereocenters. The number of hydrogen-bond acceptors (Lipinski definition) is 13. The average Bonchev–Trinajstić information content (AvgIpc) is 3.38. The summed E-state index contributed by atoms with van der Waals surface area (Å²) in [4.78, 5) is 82.4. The van der Waals surface area contributed by atoms with Gasteiger partial charge in [-0.3, -0.25) is 28.8 Å². The number of anilines is 1. The lowest BCUT2D eigenvalue weighted by Crippen LogP contribution is -2.54. The third kappa shape index (κ3) is 22.3. The van der Waals surface area contributed by atoms with E-state index in [-0.39, 0.29) is 56.7 Å². The molecule has 7 N–H and O–H groups in total. The van der Waals surface area contributed by atoms with Crippen molar-refractivity contribution in [3.05, 3.63) is 95.7 Å². The SMILES string of the molecule is CCCOCCOCCOCCOCCOCCNC(=O)[C@H](CC(C)C)NC(=O)[C@H](CC)NC(=O)c1ccc(-c2ccc(C(CC(=O)O)NC(=O)CNC(=O)CCCNc3cc(C)ccn3)cc2)c2ccccc12. The Labute approximate surface area is 434 Å². The van der Waals surface area contributed by atoms with Crippen molar-refractivity contribution in [2.75, 3.05) is 91.0 Å². The molecule has 0 saturated carbocycles. The second-order valence-electron chi connectivity index (χ2n) is 18.0. The van der Waals surface area contributed by atoms with Crippen molar-refractivity contribution in [3.63, 3.8) is 0 Å². The van der Waals surface area contributed by atoms with Gasteiger partial charge in [-0.25, -0.2) is 4.98 Å². The van der Waals surface area contributed by atoms with E-state index in [1.165, 1.54) is 0 Å². The van der Waals surface area contributed by atoms with Crippen LogP contribution in [-0.2, 0) is 47.7 Å². The largest absolute Gasteiger partial charge is 0.481 e. The lowest BCUT2D eigenvalue weighted by atomic mass is 9.93. The van der Waals surface area contributed by atoms with E-state index in [1.54, 1.807) is 31.3 Å². The van der Waals surface area contributed by atoms with E-state index in [4.69, 9.17) is 23.7 Å². The van der Waals surface area contributed by atoms with Crippen molar-refractivity contribution in [1.82, 2.24) is 31.6 Å². The highest BCUT2D eigenvalue weighted by Crippen LogP contribution is 2.32. The Bertz CT molecular complexity index is 2370. The highest BCUT2D eigenvalue weighted by atomic mass is 16.6. The Kier molecular flexibility index (Phi) is 27.6. The van der Waals surface area contributed by atoms with Crippen LogP contribution in [0.1, 0.15) is 93.7 Å². The van der Waals surface area contributed by atoms with Crippen molar-refractivity contribution < 1.29 is 57.6 Å². The molecule has 5 amide bonds. The lowest BCUT2D eigenvalue weighted by Gasteiger charge is -2.24. The van der Waals surface area contributed by atoms with Gasteiger partial charge in [0.25, 0.3) is 5.91 Å². The summed E-state index contributed by atoms with van der Waals surface area (Å²) in [7, 11) is 0. The first kappa shape index (κ1) is 60.0. The molecule has 3 aromatic carbocycles. The maximum absolute atomic E-state index is 13.9. The number of fused-ring (bicyclic) bond motifs is 1. The molecule has 0 aliphatic carbocycles. The van der Waals surface area contributed by atoms with Crippen molar-refractivity contribution >= 4 is 52.1 Å². The van der Waals surface area contributed by atoms with Crippen LogP contribution < -0.4 is 31.9 Å². The van der Waals surface area contributed by atoms with Gasteiger partial charge < -0.3 is 60.7 Å². The van der Waals surface area contributed by atoms with Crippen LogP contribution in [0.15, 0.2) is 79.0 Å². The highest BCUT2D eigenvalue weighted by Gasteiger charge is 2.27. The number of nitrogens with zero attached hydrogens (tertiary/aromatic N) is 1. The molecule has 4 rings (SSSR count). The fourth-order valence-electron chi connectivity index (χ4n) is 7.74. The maximum Gasteiger partial charge on any atom is 0.305 e. The van der Waals surface area contributed by atoms with Gasteiger partial charge in [-0.1, -0.05) is 82.3 Å². The highest BCUT2D eigenvalue weighted by molar-refractivity contribution is 6.11. The molecule has 0 saturated heterocycles.